The van der Waals surface area contributed by atoms with Crippen molar-refractivity contribution in [3.05, 3.63) is 59.7 Å². The molecule has 2 aromatic heterocycles. The summed E-state index contributed by atoms with van der Waals surface area (Å²) in [5.41, 5.74) is 2.63. The number of fused-ring (bicyclic) bond motifs is 1. The molecule has 1 amide bonds. The summed E-state index contributed by atoms with van der Waals surface area (Å²) in [6.07, 6.45) is 3.88. The van der Waals surface area contributed by atoms with Crippen LogP contribution in [0, 0.1) is 5.82 Å². The van der Waals surface area contributed by atoms with Gasteiger partial charge in [0.05, 0.1) is 12.2 Å². The van der Waals surface area contributed by atoms with Crippen molar-refractivity contribution in [1.82, 2.24) is 25.0 Å². The molecule has 1 aliphatic rings. The van der Waals surface area contributed by atoms with E-state index in [1.54, 1.807) is 12.3 Å². The third kappa shape index (κ3) is 4.45. The Hall–Kier alpha value is -2.80. The van der Waals surface area contributed by atoms with E-state index in [9.17, 15) is 9.18 Å². The largest absolute Gasteiger partial charge is 0.354 e. The standard InChI is InChI=1S/C22H26FN5O/c1-16(29)24-11-13-28-22-19(8-4-10-25-22)21(26-28)18-7-5-12-27(15-18)14-17-6-2-3-9-20(17)23/h2-4,6,8-10,18H,5,7,11-15H2,1H3,(H,24,29)/t18-/m1/s1. The van der Waals surface area contributed by atoms with Gasteiger partial charge in [0.15, 0.2) is 5.65 Å². The van der Waals surface area contributed by atoms with Crippen molar-refractivity contribution in [3.8, 4) is 0 Å². The zero-order valence-electron chi connectivity index (χ0n) is 16.6. The minimum Gasteiger partial charge on any atom is -0.354 e. The van der Waals surface area contributed by atoms with Crippen LogP contribution in [-0.2, 0) is 17.9 Å². The fourth-order valence-corrected chi connectivity index (χ4v) is 4.12. The number of rotatable bonds is 6. The Morgan fingerprint density at radius 3 is 2.97 bits per heavy atom. The second-order valence-corrected chi connectivity index (χ2v) is 7.63. The highest BCUT2D eigenvalue weighted by Crippen LogP contribution is 2.31. The Morgan fingerprint density at radius 2 is 2.14 bits per heavy atom. The van der Waals surface area contributed by atoms with Crippen LogP contribution in [-0.4, -0.2) is 45.2 Å². The van der Waals surface area contributed by atoms with Crippen LogP contribution in [0.3, 0.4) is 0 Å². The highest BCUT2D eigenvalue weighted by molar-refractivity contribution is 5.79. The number of amides is 1. The van der Waals surface area contributed by atoms with Crippen molar-refractivity contribution in [1.29, 1.82) is 0 Å². The smallest absolute Gasteiger partial charge is 0.216 e. The molecule has 6 nitrogen and oxygen atoms in total. The first-order valence-corrected chi connectivity index (χ1v) is 10.1. The highest BCUT2D eigenvalue weighted by atomic mass is 19.1. The van der Waals surface area contributed by atoms with Gasteiger partial charge in [-0.3, -0.25) is 9.69 Å². The first-order chi connectivity index (χ1) is 14.1. The van der Waals surface area contributed by atoms with Gasteiger partial charge in [0.1, 0.15) is 5.82 Å². The van der Waals surface area contributed by atoms with Gasteiger partial charge in [-0.05, 0) is 37.6 Å². The number of pyridine rings is 1. The van der Waals surface area contributed by atoms with Gasteiger partial charge in [0.25, 0.3) is 0 Å². The Kier molecular flexibility index (Phi) is 5.85. The van der Waals surface area contributed by atoms with Gasteiger partial charge in [0.2, 0.25) is 5.91 Å². The van der Waals surface area contributed by atoms with Gasteiger partial charge in [-0.25, -0.2) is 14.1 Å². The number of halogens is 1. The predicted molar refractivity (Wildman–Crippen MR) is 110 cm³/mol. The maximum Gasteiger partial charge on any atom is 0.216 e. The van der Waals surface area contributed by atoms with Crippen LogP contribution in [0.4, 0.5) is 4.39 Å². The van der Waals surface area contributed by atoms with Gasteiger partial charge < -0.3 is 5.32 Å². The van der Waals surface area contributed by atoms with Gasteiger partial charge in [-0.2, -0.15) is 5.10 Å². The summed E-state index contributed by atoms with van der Waals surface area (Å²) >= 11 is 0. The highest BCUT2D eigenvalue weighted by Gasteiger charge is 2.26. The van der Waals surface area contributed by atoms with Gasteiger partial charge >= 0.3 is 0 Å². The molecule has 3 heterocycles. The van der Waals surface area contributed by atoms with Crippen LogP contribution in [0.15, 0.2) is 42.6 Å². The number of aromatic nitrogens is 3. The molecular formula is C22H26FN5O. The Bertz CT molecular complexity index is 1000. The molecule has 1 saturated heterocycles. The summed E-state index contributed by atoms with van der Waals surface area (Å²) in [6, 6.07) is 11.0. The molecule has 29 heavy (non-hydrogen) atoms. The number of hydrogen-bond donors (Lipinski definition) is 1. The van der Waals surface area contributed by atoms with Crippen molar-refractivity contribution < 1.29 is 9.18 Å². The quantitative estimate of drug-likeness (QED) is 0.697. The van der Waals surface area contributed by atoms with E-state index in [1.807, 2.05) is 22.9 Å². The third-order valence-corrected chi connectivity index (χ3v) is 5.48. The first kappa shape index (κ1) is 19.5. The summed E-state index contributed by atoms with van der Waals surface area (Å²) in [4.78, 5) is 18.0. The Morgan fingerprint density at radius 1 is 1.28 bits per heavy atom. The van der Waals surface area contributed by atoms with Gasteiger partial charge in [0, 0.05) is 49.6 Å². The predicted octanol–water partition coefficient (Wildman–Crippen LogP) is 3.09. The van der Waals surface area contributed by atoms with E-state index in [-0.39, 0.29) is 17.6 Å². The number of hydrogen-bond acceptors (Lipinski definition) is 4. The topological polar surface area (TPSA) is 63.1 Å². The lowest BCUT2D eigenvalue weighted by Gasteiger charge is -2.32. The number of piperidine rings is 1. The maximum atomic E-state index is 14.1. The van der Waals surface area contributed by atoms with Crippen LogP contribution < -0.4 is 5.32 Å². The zero-order valence-corrected chi connectivity index (χ0v) is 16.6. The second kappa shape index (κ2) is 8.69. The van der Waals surface area contributed by atoms with E-state index in [4.69, 9.17) is 5.10 Å². The fourth-order valence-electron chi connectivity index (χ4n) is 4.12. The summed E-state index contributed by atoms with van der Waals surface area (Å²) in [5.74, 6) is 0.0847. The summed E-state index contributed by atoms with van der Waals surface area (Å²) < 4.78 is 16.0. The maximum absolute atomic E-state index is 14.1. The molecule has 152 valence electrons. The Labute approximate surface area is 169 Å². The molecule has 3 aromatic rings. The molecule has 0 aliphatic carbocycles. The van der Waals surface area contributed by atoms with E-state index >= 15 is 0 Å². The van der Waals surface area contributed by atoms with Crippen LogP contribution in [0.1, 0.15) is 36.9 Å². The molecule has 7 heteroatoms. The molecule has 1 N–H and O–H groups in total. The summed E-state index contributed by atoms with van der Waals surface area (Å²) in [6.45, 7) is 5.04. The minimum atomic E-state index is -0.147. The molecule has 0 radical (unpaired) electrons. The number of nitrogens with zero attached hydrogens (tertiary/aromatic N) is 4. The van der Waals surface area contributed by atoms with E-state index in [1.165, 1.54) is 13.0 Å². The van der Waals surface area contributed by atoms with Crippen molar-refractivity contribution >= 4 is 16.9 Å². The summed E-state index contributed by atoms with van der Waals surface area (Å²) in [7, 11) is 0. The first-order valence-electron chi connectivity index (χ1n) is 10.1. The van der Waals surface area contributed by atoms with Crippen LogP contribution in [0.2, 0.25) is 0 Å². The number of nitrogens with one attached hydrogen (secondary N) is 1. The van der Waals surface area contributed by atoms with E-state index < -0.39 is 0 Å². The number of carbonyl (C=O) groups is 1. The molecule has 0 unspecified atom stereocenters. The second-order valence-electron chi connectivity index (χ2n) is 7.63. The SMILES string of the molecule is CC(=O)NCCn1nc([C@@H]2CCCN(Cc3ccccc3F)C2)c2cccnc21. The molecule has 1 aromatic carbocycles. The van der Waals surface area contributed by atoms with E-state index in [2.05, 4.69) is 21.3 Å². The molecule has 0 spiro atoms. The van der Waals surface area contributed by atoms with Crippen molar-refractivity contribution in [3.63, 3.8) is 0 Å². The lowest BCUT2D eigenvalue weighted by molar-refractivity contribution is -0.118. The lowest BCUT2D eigenvalue weighted by Crippen LogP contribution is -2.34. The number of benzene rings is 1. The van der Waals surface area contributed by atoms with Crippen molar-refractivity contribution in [2.24, 2.45) is 0 Å². The zero-order chi connectivity index (χ0) is 20.2. The summed E-state index contributed by atoms with van der Waals surface area (Å²) in [5, 5.41) is 8.75. The monoisotopic (exact) mass is 395 g/mol. The molecule has 4 rings (SSSR count). The molecule has 1 aliphatic heterocycles. The van der Waals surface area contributed by atoms with Crippen LogP contribution >= 0.6 is 0 Å². The normalized spacial score (nSPS) is 17.5. The average Bonchev–Trinajstić information content (AvgIpc) is 3.09. The number of likely N-dealkylation sites (tertiary alicyclic amines) is 1. The average molecular weight is 395 g/mol. The molecular weight excluding hydrogens is 369 g/mol. The van der Waals surface area contributed by atoms with Gasteiger partial charge in [-0.15, -0.1) is 0 Å². The third-order valence-electron chi connectivity index (χ3n) is 5.48. The minimum absolute atomic E-state index is 0.0503. The lowest BCUT2D eigenvalue weighted by atomic mass is 9.93. The molecule has 0 bridgehead atoms. The van der Waals surface area contributed by atoms with Gasteiger partial charge in [-0.1, -0.05) is 18.2 Å². The Balaban J connectivity index is 1.54. The van der Waals surface area contributed by atoms with Crippen LogP contribution in [0.5, 0.6) is 0 Å². The molecule has 1 fully saturated rings. The van der Waals surface area contributed by atoms with Crippen molar-refractivity contribution in [2.75, 3.05) is 19.6 Å². The van der Waals surface area contributed by atoms with Crippen molar-refractivity contribution in [2.45, 2.75) is 38.8 Å². The van der Waals surface area contributed by atoms with E-state index in [0.717, 1.165) is 48.2 Å². The molecule has 0 saturated carbocycles. The molecule has 1 atom stereocenters. The fraction of sp³-hybridized carbons (Fsp3) is 0.409. The number of carbonyl (C=O) groups excluding carboxylic acids is 1. The van der Waals surface area contributed by atoms with Crippen LogP contribution in [0.25, 0.3) is 11.0 Å². The van der Waals surface area contributed by atoms with E-state index in [0.29, 0.717) is 19.6 Å².